The summed E-state index contributed by atoms with van der Waals surface area (Å²) in [4.78, 5) is 0. The summed E-state index contributed by atoms with van der Waals surface area (Å²) in [6, 6.07) is 12.6. The summed E-state index contributed by atoms with van der Waals surface area (Å²) in [5, 5.41) is 12.5. The highest BCUT2D eigenvalue weighted by Gasteiger charge is 2.31. The van der Waals surface area contributed by atoms with Gasteiger partial charge in [0, 0.05) is 12.6 Å². The van der Waals surface area contributed by atoms with Gasteiger partial charge in [-0.15, -0.1) is 0 Å². The van der Waals surface area contributed by atoms with Gasteiger partial charge >= 0.3 is 0 Å². The fraction of sp³-hybridized carbons (Fsp3) is 0.294. The van der Waals surface area contributed by atoms with Crippen LogP contribution >= 0.6 is 0 Å². The molecule has 2 aromatic rings. The number of halogens is 2. The van der Waals surface area contributed by atoms with Gasteiger partial charge in [0.15, 0.2) is 17.4 Å². The number of aromatic hydroxyl groups is 1. The van der Waals surface area contributed by atoms with Gasteiger partial charge < -0.3 is 10.4 Å². The monoisotopic (exact) mass is 289 g/mol. The van der Waals surface area contributed by atoms with Crippen LogP contribution in [0.4, 0.5) is 8.78 Å². The van der Waals surface area contributed by atoms with Crippen molar-refractivity contribution in [1.82, 2.24) is 5.32 Å². The molecule has 1 aliphatic rings. The van der Waals surface area contributed by atoms with Crippen molar-refractivity contribution in [3.8, 4) is 5.75 Å². The van der Waals surface area contributed by atoms with Crippen molar-refractivity contribution in [3.05, 3.63) is 65.2 Å². The fourth-order valence-electron chi connectivity index (χ4n) is 2.59. The zero-order valence-corrected chi connectivity index (χ0v) is 11.5. The van der Waals surface area contributed by atoms with E-state index < -0.39 is 17.4 Å². The summed E-state index contributed by atoms with van der Waals surface area (Å²) in [7, 11) is 0. The van der Waals surface area contributed by atoms with E-state index in [-0.39, 0.29) is 6.04 Å². The summed E-state index contributed by atoms with van der Waals surface area (Å²) in [5.41, 5.74) is 1.68. The molecule has 1 saturated carbocycles. The molecule has 3 rings (SSSR count). The molecule has 21 heavy (non-hydrogen) atoms. The molecular formula is C17H17F2NO. The molecule has 1 atom stereocenters. The van der Waals surface area contributed by atoms with Crippen LogP contribution in [0.1, 0.15) is 30.0 Å². The molecule has 0 aromatic heterocycles. The van der Waals surface area contributed by atoms with Crippen molar-refractivity contribution in [2.75, 3.05) is 0 Å². The third kappa shape index (κ3) is 3.22. The maximum Gasteiger partial charge on any atom is 0.187 e. The largest absolute Gasteiger partial charge is 0.503 e. The molecule has 1 fully saturated rings. The quantitative estimate of drug-likeness (QED) is 0.874. The molecule has 2 N–H and O–H groups in total. The topological polar surface area (TPSA) is 32.3 Å². The average molecular weight is 289 g/mol. The molecule has 0 spiro atoms. The van der Waals surface area contributed by atoms with Gasteiger partial charge in [0.2, 0.25) is 0 Å². The summed E-state index contributed by atoms with van der Waals surface area (Å²) in [5.74, 6) is -2.18. The standard InChI is InChI=1S/C17H17F2NO/c18-14-8-11(9-15(19)17(14)21)10-20-16(13-6-7-13)12-4-2-1-3-5-12/h1-5,8-9,13,16,20-21H,6-7,10H2. The van der Waals surface area contributed by atoms with Gasteiger partial charge in [0.05, 0.1) is 0 Å². The lowest BCUT2D eigenvalue weighted by molar-refractivity contribution is 0.394. The zero-order chi connectivity index (χ0) is 14.8. The number of nitrogens with one attached hydrogen (secondary N) is 1. The van der Waals surface area contributed by atoms with Crippen LogP contribution in [-0.4, -0.2) is 5.11 Å². The van der Waals surface area contributed by atoms with Crippen LogP contribution in [0.2, 0.25) is 0 Å². The van der Waals surface area contributed by atoms with Crippen molar-refractivity contribution in [2.24, 2.45) is 5.92 Å². The molecule has 0 amide bonds. The van der Waals surface area contributed by atoms with Gasteiger partial charge in [-0.2, -0.15) is 0 Å². The first kappa shape index (κ1) is 14.0. The number of phenols is 1. The lowest BCUT2D eigenvalue weighted by Gasteiger charge is -2.19. The highest BCUT2D eigenvalue weighted by Crippen LogP contribution is 2.41. The highest BCUT2D eigenvalue weighted by atomic mass is 19.1. The van der Waals surface area contributed by atoms with Gasteiger partial charge in [-0.3, -0.25) is 0 Å². The minimum atomic E-state index is -0.922. The van der Waals surface area contributed by atoms with Crippen molar-refractivity contribution in [2.45, 2.75) is 25.4 Å². The van der Waals surface area contributed by atoms with Crippen LogP contribution in [0, 0.1) is 17.6 Å². The van der Waals surface area contributed by atoms with Crippen LogP contribution in [0.15, 0.2) is 42.5 Å². The number of benzene rings is 2. The predicted molar refractivity (Wildman–Crippen MR) is 76.8 cm³/mol. The van der Waals surface area contributed by atoms with E-state index in [4.69, 9.17) is 5.11 Å². The molecule has 1 aliphatic carbocycles. The van der Waals surface area contributed by atoms with Crippen LogP contribution in [0.5, 0.6) is 5.75 Å². The molecule has 2 aromatic carbocycles. The highest BCUT2D eigenvalue weighted by molar-refractivity contribution is 5.30. The number of rotatable bonds is 5. The van der Waals surface area contributed by atoms with E-state index in [1.54, 1.807) is 0 Å². The van der Waals surface area contributed by atoms with Gasteiger partial charge in [-0.25, -0.2) is 8.78 Å². The lowest BCUT2D eigenvalue weighted by atomic mass is 10.0. The van der Waals surface area contributed by atoms with Crippen LogP contribution in [-0.2, 0) is 6.54 Å². The molecule has 4 heteroatoms. The molecule has 0 aliphatic heterocycles. The second-order valence-electron chi connectivity index (χ2n) is 5.51. The maximum atomic E-state index is 13.3. The van der Waals surface area contributed by atoms with Crippen molar-refractivity contribution < 1.29 is 13.9 Å². The predicted octanol–water partition coefficient (Wildman–Crippen LogP) is 3.91. The fourth-order valence-corrected chi connectivity index (χ4v) is 2.59. The van der Waals surface area contributed by atoms with Crippen molar-refractivity contribution >= 4 is 0 Å². The Balaban J connectivity index is 1.73. The Morgan fingerprint density at radius 3 is 2.29 bits per heavy atom. The SMILES string of the molecule is Oc1c(F)cc(CNC(c2ccccc2)C2CC2)cc1F. The third-order valence-electron chi connectivity index (χ3n) is 3.85. The average Bonchev–Trinajstić information content (AvgIpc) is 3.31. The van der Waals surface area contributed by atoms with Gasteiger partial charge in [0.1, 0.15) is 0 Å². The first-order valence-corrected chi connectivity index (χ1v) is 7.10. The Morgan fingerprint density at radius 1 is 1.10 bits per heavy atom. The molecule has 0 saturated heterocycles. The summed E-state index contributed by atoms with van der Waals surface area (Å²) >= 11 is 0. The molecule has 110 valence electrons. The number of hydrogen-bond acceptors (Lipinski definition) is 2. The van der Waals surface area contributed by atoms with Crippen molar-refractivity contribution in [3.63, 3.8) is 0 Å². The second-order valence-corrected chi connectivity index (χ2v) is 5.51. The molecule has 0 radical (unpaired) electrons. The normalized spacial score (nSPS) is 15.9. The molecule has 0 bridgehead atoms. The summed E-state index contributed by atoms with van der Waals surface area (Å²) in [6.07, 6.45) is 2.34. The molecule has 2 nitrogen and oxygen atoms in total. The van der Waals surface area contributed by atoms with Gasteiger partial charge in [-0.1, -0.05) is 30.3 Å². The van der Waals surface area contributed by atoms with Crippen molar-refractivity contribution in [1.29, 1.82) is 0 Å². The Morgan fingerprint density at radius 2 is 1.71 bits per heavy atom. The Bertz CT molecular complexity index is 603. The van der Waals surface area contributed by atoms with E-state index in [9.17, 15) is 8.78 Å². The number of hydrogen-bond donors (Lipinski definition) is 2. The molecule has 0 heterocycles. The number of phenolic OH excluding ortho intramolecular Hbond substituents is 1. The molecular weight excluding hydrogens is 272 g/mol. The summed E-state index contributed by atoms with van der Waals surface area (Å²) in [6.45, 7) is 0.365. The van der Waals surface area contributed by atoms with Gasteiger partial charge in [0.25, 0.3) is 0 Å². The first-order valence-electron chi connectivity index (χ1n) is 7.10. The van der Waals surface area contributed by atoms with E-state index in [0.29, 0.717) is 18.0 Å². The van der Waals surface area contributed by atoms with Crippen LogP contribution in [0.3, 0.4) is 0 Å². The minimum absolute atomic E-state index is 0.200. The Labute approximate surface area is 122 Å². The minimum Gasteiger partial charge on any atom is -0.503 e. The summed E-state index contributed by atoms with van der Waals surface area (Å²) < 4.78 is 26.7. The van der Waals surface area contributed by atoms with E-state index in [0.717, 1.165) is 0 Å². The lowest BCUT2D eigenvalue weighted by Crippen LogP contribution is -2.22. The van der Waals surface area contributed by atoms with E-state index in [1.807, 2.05) is 18.2 Å². The van der Waals surface area contributed by atoms with E-state index in [2.05, 4.69) is 17.4 Å². The first-order chi connectivity index (χ1) is 10.1. The third-order valence-corrected chi connectivity index (χ3v) is 3.85. The van der Waals surface area contributed by atoms with Crippen LogP contribution in [0.25, 0.3) is 0 Å². The maximum absolute atomic E-state index is 13.3. The Hall–Kier alpha value is -1.94. The second kappa shape index (κ2) is 5.82. The van der Waals surface area contributed by atoms with Crippen LogP contribution < -0.4 is 5.32 Å². The van der Waals surface area contributed by atoms with Gasteiger partial charge in [-0.05, 0) is 42.0 Å². The van der Waals surface area contributed by atoms with E-state index in [1.165, 1.54) is 30.5 Å². The zero-order valence-electron chi connectivity index (χ0n) is 11.5. The van der Waals surface area contributed by atoms with E-state index >= 15 is 0 Å². The molecule has 1 unspecified atom stereocenters. The Kier molecular flexibility index (Phi) is 3.88. The smallest absolute Gasteiger partial charge is 0.187 e.